The van der Waals surface area contributed by atoms with Crippen molar-refractivity contribution in [1.29, 1.82) is 0 Å². The molecule has 4 nitrogen and oxygen atoms in total. The maximum atomic E-state index is 14.1. The number of nitrogens with zero attached hydrogens (tertiary/aromatic N) is 2. The maximum absolute atomic E-state index is 14.1. The molecular weight excluding hydrogens is 440 g/mol. The van der Waals surface area contributed by atoms with E-state index < -0.39 is 16.1 Å². The Hall–Kier alpha value is -3.96. The van der Waals surface area contributed by atoms with Crippen molar-refractivity contribution in [2.75, 3.05) is 0 Å². The van der Waals surface area contributed by atoms with Crippen LogP contribution in [0.15, 0.2) is 131 Å². The van der Waals surface area contributed by atoms with Crippen LogP contribution < -0.4 is 0 Å². The summed E-state index contributed by atoms with van der Waals surface area (Å²) < 4.78 is 29.6. The van der Waals surface area contributed by atoms with Crippen molar-refractivity contribution in [3.05, 3.63) is 144 Å². The highest BCUT2D eigenvalue weighted by Crippen LogP contribution is 2.38. The summed E-state index contributed by atoms with van der Waals surface area (Å²) >= 11 is 0. The fraction of sp³-hybridized carbons (Fsp3) is 0.0690. The normalized spacial score (nSPS) is 16.0. The standard InChI is InChI=1S/C29H24N2O2S/c1-22-17-19-26(20-18-22)34(32,33)31-21-27(23-11-5-2-6-12-23)30-28(24-13-7-3-8-14-24)29(31)25-15-9-4-10-16-25/h2-21,29H,1H3/t29-/m1/s1. The minimum Gasteiger partial charge on any atom is -0.258 e. The molecule has 0 aromatic heterocycles. The van der Waals surface area contributed by atoms with Gasteiger partial charge < -0.3 is 0 Å². The van der Waals surface area contributed by atoms with E-state index in [0.29, 0.717) is 11.4 Å². The predicted molar refractivity (Wildman–Crippen MR) is 137 cm³/mol. The van der Waals surface area contributed by atoms with Crippen LogP contribution in [0.1, 0.15) is 28.3 Å². The van der Waals surface area contributed by atoms with Gasteiger partial charge in [0.25, 0.3) is 10.0 Å². The third kappa shape index (κ3) is 4.18. The quantitative estimate of drug-likeness (QED) is 0.352. The van der Waals surface area contributed by atoms with Crippen molar-refractivity contribution in [2.24, 2.45) is 4.99 Å². The average Bonchev–Trinajstić information content (AvgIpc) is 2.90. The number of benzene rings is 4. The highest BCUT2D eigenvalue weighted by Gasteiger charge is 2.37. The monoisotopic (exact) mass is 464 g/mol. The number of aliphatic imine (C=N–C) groups is 1. The molecule has 0 aliphatic carbocycles. The third-order valence-electron chi connectivity index (χ3n) is 5.85. The Morgan fingerprint density at radius 2 is 1.21 bits per heavy atom. The summed E-state index contributed by atoms with van der Waals surface area (Å²) in [6.45, 7) is 1.94. The summed E-state index contributed by atoms with van der Waals surface area (Å²) in [5.74, 6) is 0. The second-order valence-corrected chi connectivity index (χ2v) is 10.0. The van der Waals surface area contributed by atoms with Gasteiger partial charge in [-0.05, 0) is 30.2 Å². The Morgan fingerprint density at radius 1 is 0.676 bits per heavy atom. The predicted octanol–water partition coefficient (Wildman–Crippen LogP) is 6.23. The molecule has 0 unspecified atom stereocenters. The van der Waals surface area contributed by atoms with Gasteiger partial charge in [-0.15, -0.1) is 0 Å². The van der Waals surface area contributed by atoms with Crippen LogP contribution in [0.2, 0.25) is 0 Å². The third-order valence-corrected chi connectivity index (χ3v) is 7.59. The van der Waals surface area contributed by atoms with Crippen LogP contribution in [0.3, 0.4) is 0 Å². The van der Waals surface area contributed by atoms with Crippen LogP contribution in [0, 0.1) is 6.92 Å². The molecule has 1 aliphatic heterocycles. The highest BCUT2D eigenvalue weighted by atomic mass is 32.2. The summed E-state index contributed by atoms with van der Waals surface area (Å²) in [5, 5.41) is 0. The molecule has 0 saturated carbocycles. The van der Waals surface area contributed by atoms with E-state index in [1.807, 2.05) is 110 Å². The van der Waals surface area contributed by atoms with Crippen LogP contribution in [0.25, 0.3) is 5.70 Å². The molecule has 5 rings (SSSR count). The molecule has 0 saturated heterocycles. The Kier molecular flexibility index (Phi) is 5.86. The van der Waals surface area contributed by atoms with Crippen molar-refractivity contribution in [2.45, 2.75) is 17.9 Å². The van der Waals surface area contributed by atoms with E-state index in [1.54, 1.807) is 18.3 Å². The number of sulfonamides is 1. The molecule has 1 heterocycles. The number of hydrogen-bond acceptors (Lipinski definition) is 3. The van der Waals surface area contributed by atoms with Crippen molar-refractivity contribution < 1.29 is 8.42 Å². The van der Waals surface area contributed by atoms with Gasteiger partial charge in [0.2, 0.25) is 0 Å². The second kappa shape index (κ2) is 9.12. The maximum Gasteiger partial charge on any atom is 0.264 e. The van der Waals surface area contributed by atoms with Crippen molar-refractivity contribution >= 4 is 21.4 Å². The lowest BCUT2D eigenvalue weighted by atomic mass is 9.95. The minimum absolute atomic E-state index is 0.247. The zero-order valence-corrected chi connectivity index (χ0v) is 19.6. The number of hydrogen-bond donors (Lipinski definition) is 0. The zero-order chi connectivity index (χ0) is 23.5. The molecule has 0 N–H and O–H groups in total. The first-order valence-electron chi connectivity index (χ1n) is 11.1. The van der Waals surface area contributed by atoms with E-state index in [9.17, 15) is 8.42 Å². The van der Waals surface area contributed by atoms with Gasteiger partial charge in [0, 0.05) is 11.8 Å². The molecule has 168 valence electrons. The van der Waals surface area contributed by atoms with Crippen LogP contribution in [0.4, 0.5) is 0 Å². The molecule has 5 heteroatoms. The van der Waals surface area contributed by atoms with Gasteiger partial charge in [-0.25, -0.2) is 13.4 Å². The molecule has 4 aromatic carbocycles. The molecule has 0 fully saturated rings. The Balaban J connectivity index is 1.76. The van der Waals surface area contributed by atoms with E-state index in [2.05, 4.69) is 0 Å². The zero-order valence-electron chi connectivity index (χ0n) is 18.7. The topological polar surface area (TPSA) is 49.7 Å². The number of rotatable bonds is 5. The van der Waals surface area contributed by atoms with Gasteiger partial charge in [0.05, 0.1) is 16.3 Å². The summed E-state index contributed by atoms with van der Waals surface area (Å²) in [5.41, 5.74) is 4.87. The van der Waals surface area contributed by atoms with Gasteiger partial charge in [-0.2, -0.15) is 0 Å². The lowest BCUT2D eigenvalue weighted by Crippen LogP contribution is -2.38. The SMILES string of the molecule is Cc1ccc(S(=O)(=O)N2C=C(c3ccccc3)N=C(c3ccccc3)[C@H]2c2ccccc2)cc1. The molecule has 1 atom stereocenters. The molecule has 0 radical (unpaired) electrons. The second-order valence-electron chi connectivity index (χ2n) is 8.20. The van der Waals surface area contributed by atoms with E-state index in [1.165, 1.54) is 4.31 Å². The lowest BCUT2D eigenvalue weighted by Gasteiger charge is -2.35. The first-order chi connectivity index (χ1) is 16.5. The fourth-order valence-electron chi connectivity index (χ4n) is 4.09. The summed E-state index contributed by atoms with van der Waals surface area (Å²) in [4.78, 5) is 5.27. The molecule has 0 spiro atoms. The smallest absolute Gasteiger partial charge is 0.258 e. The highest BCUT2D eigenvalue weighted by molar-refractivity contribution is 7.89. The largest absolute Gasteiger partial charge is 0.264 e. The van der Waals surface area contributed by atoms with Crippen LogP contribution in [0.5, 0.6) is 0 Å². The van der Waals surface area contributed by atoms with E-state index in [4.69, 9.17) is 4.99 Å². The van der Waals surface area contributed by atoms with Crippen LogP contribution in [-0.2, 0) is 10.0 Å². The van der Waals surface area contributed by atoms with Gasteiger partial charge in [0.15, 0.2) is 0 Å². The molecule has 34 heavy (non-hydrogen) atoms. The van der Waals surface area contributed by atoms with Crippen LogP contribution in [-0.4, -0.2) is 18.4 Å². The minimum atomic E-state index is -3.88. The van der Waals surface area contributed by atoms with E-state index >= 15 is 0 Å². The van der Waals surface area contributed by atoms with Crippen molar-refractivity contribution in [3.63, 3.8) is 0 Å². The fourth-order valence-corrected chi connectivity index (χ4v) is 5.56. The van der Waals surface area contributed by atoms with E-state index in [0.717, 1.165) is 22.3 Å². The lowest BCUT2D eigenvalue weighted by molar-refractivity contribution is 0.470. The van der Waals surface area contributed by atoms with Gasteiger partial charge >= 0.3 is 0 Å². The average molecular weight is 465 g/mol. The molecule has 0 amide bonds. The molecule has 4 aromatic rings. The Bertz CT molecular complexity index is 1450. The summed E-state index contributed by atoms with van der Waals surface area (Å²) in [6, 6.07) is 35.5. The van der Waals surface area contributed by atoms with Gasteiger partial charge in [-0.1, -0.05) is 109 Å². The van der Waals surface area contributed by atoms with Gasteiger partial charge in [-0.3, -0.25) is 4.31 Å². The summed E-state index contributed by atoms with van der Waals surface area (Å²) in [6.07, 6.45) is 1.66. The summed E-state index contributed by atoms with van der Waals surface area (Å²) in [7, 11) is -3.88. The first-order valence-corrected chi connectivity index (χ1v) is 12.5. The van der Waals surface area contributed by atoms with Crippen LogP contribution >= 0.6 is 0 Å². The van der Waals surface area contributed by atoms with Gasteiger partial charge in [0.1, 0.15) is 6.04 Å². The Morgan fingerprint density at radius 3 is 1.79 bits per heavy atom. The Labute approximate surface area is 200 Å². The molecule has 1 aliphatic rings. The number of aryl methyl sites for hydroxylation is 1. The molecular formula is C29H24N2O2S. The van der Waals surface area contributed by atoms with E-state index in [-0.39, 0.29) is 4.90 Å². The van der Waals surface area contributed by atoms with Crippen molar-refractivity contribution in [1.82, 2.24) is 4.31 Å². The first kappa shape index (κ1) is 21.9. The van der Waals surface area contributed by atoms with Crippen molar-refractivity contribution in [3.8, 4) is 0 Å². The molecule has 0 bridgehead atoms.